The Morgan fingerprint density at radius 2 is 1.92 bits per heavy atom. The zero-order valence-electron chi connectivity index (χ0n) is 15.0. The lowest BCUT2D eigenvalue weighted by atomic mass is 10.0. The molecule has 2 aromatic rings. The smallest absolute Gasteiger partial charge is 0.223 e. The summed E-state index contributed by atoms with van der Waals surface area (Å²) in [5, 5.41) is 0. The molecule has 0 saturated carbocycles. The lowest BCUT2D eigenvalue weighted by Gasteiger charge is -2.25. The number of hydrogen-bond donors (Lipinski definition) is 0. The summed E-state index contributed by atoms with van der Waals surface area (Å²) in [6.45, 7) is 0.812. The lowest BCUT2D eigenvalue weighted by Crippen LogP contribution is -2.30. The number of likely N-dealkylation sites (tertiary alicyclic amines) is 1. The molecule has 1 aliphatic carbocycles. The van der Waals surface area contributed by atoms with Crippen molar-refractivity contribution < 1.29 is 9.18 Å². The van der Waals surface area contributed by atoms with Crippen molar-refractivity contribution in [3.8, 4) is 0 Å². The second-order valence-corrected chi connectivity index (χ2v) is 7.24. The van der Waals surface area contributed by atoms with Gasteiger partial charge in [0.05, 0.1) is 6.04 Å². The molecule has 1 unspecified atom stereocenters. The third kappa shape index (κ3) is 3.44. The molecule has 1 aliphatic heterocycles. The van der Waals surface area contributed by atoms with E-state index in [-0.39, 0.29) is 17.8 Å². The minimum absolute atomic E-state index is 0.106. The Hall–Kier alpha value is -2.42. The molecular formula is C23H24FNO. The number of carbonyl (C=O) groups excluding carboxylic acids is 1. The molecule has 2 aliphatic rings. The molecule has 0 spiro atoms. The van der Waals surface area contributed by atoms with Crippen molar-refractivity contribution in [2.24, 2.45) is 0 Å². The van der Waals surface area contributed by atoms with Gasteiger partial charge in [-0.25, -0.2) is 4.39 Å². The van der Waals surface area contributed by atoms with Crippen molar-refractivity contribution >= 4 is 11.5 Å². The highest BCUT2D eigenvalue weighted by Gasteiger charge is 2.29. The Morgan fingerprint density at radius 1 is 1.12 bits per heavy atom. The fraction of sp³-hybridized carbons (Fsp3) is 0.348. The van der Waals surface area contributed by atoms with Crippen LogP contribution in [0.5, 0.6) is 0 Å². The number of fused-ring (bicyclic) bond motifs is 1. The van der Waals surface area contributed by atoms with Crippen LogP contribution >= 0.6 is 0 Å². The normalized spacial score (nSPS) is 18.7. The largest absolute Gasteiger partial charge is 0.336 e. The van der Waals surface area contributed by atoms with Gasteiger partial charge in [0.15, 0.2) is 0 Å². The number of rotatable bonds is 5. The molecule has 134 valence electrons. The molecule has 4 rings (SSSR count). The number of allylic oxidation sites excluding steroid dienone is 2. The third-order valence-electron chi connectivity index (χ3n) is 5.60. The van der Waals surface area contributed by atoms with E-state index >= 15 is 0 Å². The maximum Gasteiger partial charge on any atom is 0.223 e. The predicted molar refractivity (Wildman–Crippen MR) is 102 cm³/mol. The Labute approximate surface area is 154 Å². The van der Waals surface area contributed by atoms with Crippen LogP contribution in [0.2, 0.25) is 0 Å². The average Bonchev–Trinajstić information content (AvgIpc) is 3.30. The van der Waals surface area contributed by atoms with Gasteiger partial charge in [0, 0.05) is 13.0 Å². The molecule has 1 fully saturated rings. The summed E-state index contributed by atoms with van der Waals surface area (Å²) in [6.07, 6.45) is 7.72. The van der Waals surface area contributed by atoms with E-state index in [4.69, 9.17) is 0 Å². The molecule has 0 N–H and O–H groups in total. The van der Waals surface area contributed by atoms with E-state index in [0.29, 0.717) is 6.42 Å². The molecular weight excluding hydrogens is 325 g/mol. The van der Waals surface area contributed by atoms with Crippen molar-refractivity contribution in [1.82, 2.24) is 4.90 Å². The molecule has 1 atom stereocenters. The van der Waals surface area contributed by atoms with Crippen LogP contribution < -0.4 is 0 Å². The zero-order chi connectivity index (χ0) is 17.9. The number of nitrogens with zero attached hydrogens (tertiary/aromatic N) is 1. The van der Waals surface area contributed by atoms with Crippen molar-refractivity contribution in [3.05, 3.63) is 77.1 Å². The summed E-state index contributed by atoms with van der Waals surface area (Å²) >= 11 is 0. The van der Waals surface area contributed by atoms with Crippen LogP contribution in [0.15, 0.2) is 54.6 Å². The Bertz CT molecular complexity index is 824. The molecule has 0 bridgehead atoms. The van der Waals surface area contributed by atoms with Crippen LogP contribution in [0, 0.1) is 5.82 Å². The van der Waals surface area contributed by atoms with Gasteiger partial charge in [-0.2, -0.15) is 0 Å². The summed E-state index contributed by atoms with van der Waals surface area (Å²) in [7, 11) is 0. The fourth-order valence-electron chi connectivity index (χ4n) is 4.26. The summed E-state index contributed by atoms with van der Waals surface area (Å²) in [5.74, 6) is -0.00144. The Balaban J connectivity index is 1.34. The van der Waals surface area contributed by atoms with Crippen LogP contribution in [0.4, 0.5) is 4.39 Å². The van der Waals surface area contributed by atoms with Crippen molar-refractivity contribution in [3.63, 3.8) is 0 Å². The predicted octanol–water partition coefficient (Wildman–Crippen LogP) is 5.30. The molecule has 0 radical (unpaired) electrons. The molecule has 1 saturated heterocycles. The standard InChI is InChI=1S/C23H24FNO/c24-20-14-12-19(13-15-20)22-8-4-16-25(22)23(26)9-3-6-18-11-10-17-5-1-2-7-21(17)18/h1-2,5,7,11-15,22H,3-4,6,8-10,16H2. The first-order valence-electron chi connectivity index (χ1n) is 9.54. The average molecular weight is 349 g/mol. The number of benzene rings is 2. The Kier molecular flexibility index (Phi) is 4.87. The van der Waals surface area contributed by atoms with Gasteiger partial charge in [0.25, 0.3) is 0 Å². The van der Waals surface area contributed by atoms with E-state index in [1.165, 1.54) is 28.8 Å². The van der Waals surface area contributed by atoms with Gasteiger partial charge < -0.3 is 4.90 Å². The molecule has 3 heteroatoms. The number of carbonyl (C=O) groups is 1. The first kappa shape index (κ1) is 17.0. The zero-order valence-corrected chi connectivity index (χ0v) is 15.0. The third-order valence-corrected chi connectivity index (χ3v) is 5.60. The highest BCUT2D eigenvalue weighted by atomic mass is 19.1. The van der Waals surface area contributed by atoms with E-state index < -0.39 is 0 Å². The monoisotopic (exact) mass is 349 g/mol. The van der Waals surface area contributed by atoms with Gasteiger partial charge in [-0.05, 0) is 66.5 Å². The van der Waals surface area contributed by atoms with E-state index in [0.717, 1.165) is 44.2 Å². The van der Waals surface area contributed by atoms with Gasteiger partial charge in [0.2, 0.25) is 5.91 Å². The maximum atomic E-state index is 13.2. The van der Waals surface area contributed by atoms with E-state index in [2.05, 4.69) is 30.3 Å². The van der Waals surface area contributed by atoms with Gasteiger partial charge in [-0.15, -0.1) is 0 Å². The van der Waals surface area contributed by atoms with Crippen molar-refractivity contribution in [1.29, 1.82) is 0 Å². The summed E-state index contributed by atoms with van der Waals surface area (Å²) in [4.78, 5) is 14.7. The van der Waals surface area contributed by atoms with Gasteiger partial charge >= 0.3 is 0 Å². The van der Waals surface area contributed by atoms with Crippen LogP contribution in [-0.2, 0) is 11.2 Å². The molecule has 2 nitrogen and oxygen atoms in total. The van der Waals surface area contributed by atoms with Crippen LogP contribution in [-0.4, -0.2) is 17.4 Å². The number of hydrogen-bond acceptors (Lipinski definition) is 1. The molecule has 1 heterocycles. The topological polar surface area (TPSA) is 20.3 Å². The minimum Gasteiger partial charge on any atom is -0.336 e. The van der Waals surface area contributed by atoms with Crippen LogP contribution in [0.25, 0.3) is 5.57 Å². The number of halogens is 1. The van der Waals surface area contributed by atoms with E-state index in [9.17, 15) is 9.18 Å². The van der Waals surface area contributed by atoms with Gasteiger partial charge in [-0.1, -0.05) is 42.5 Å². The van der Waals surface area contributed by atoms with Gasteiger partial charge in [0.1, 0.15) is 5.82 Å². The SMILES string of the molecule is O=C(CCCC1=CCc2ccccc21)N1CCCC1c1ccc(F)cc1. The van der Waals surface area contributed by atoms with E-state index in [1.54, 1.807) is 0 Å². The van der Waals surface area contributed by atoms with Crippen LogP contribution in [0.1, 0.15) is 54.8 Å². The van der Waals surface area contributed by atoms with E-state index in [1.807, 2.05) is 17.0 Å². The lowest BCUT2D eigenvalue weighted by molar-refractivity contribution is -0.132. The maximum absolute atomic E-state index is 13.2. The highest BCUT2D eigenvalue weighted by molar-refractivity contribution is 5.78. The van der Waals surface area contributed by atoms with Crippen molar-refractivity contribution in [2.75, 3.05) is 6.54 Å². The van der Waals surface area contributed by atoms with Crippen LogP contribution in [0.3, 0.4) is 0 Å². The molecule has 1 amide bonds. The molecule has 0 aromatic heterocycles. The minimum atomic E-state index is -0.227. The van der Waals surface area contributed by atoms with Crippen molar-refractivity contribution in [2.45, 2.75) is 44.6 Å². The second-order valence-electron chi connectivity index (χ2n) is 7.24. The van der Waals surface area contributed by atoms with Gasteiger partial charge in [-0.3, -0.25) is 4.79 Å². The molecule has 26 heavy (non-hydrogen) atoms. The highest BCUT2D eigenvalue weighted by Crippen LogP contribution is 2.34. The number of amides is 1. The first-order chi connectivity index (χ1) is 12.7. The fourth-order valence-corrected chi connectivity index (χ4v) is 4.26. The second kappa shape index (κ2) is 7.45. The summed E-state index contributed by atoms with van der Waals surface area (Å²) < 4.78 is 13.2. The summed E-state index contributed by atoms with van der Waals surface area (Å²) in [6, 6.07) is 15.2. The Morgan fingerprint density at radius 3 is 2.77 bits per heavy atom. The molecule has 2 aromatic carbocycles. The quantitative estimate of drug-likeness (QED) is 0.717. The summed E-state index contributed by atoms with van der Waals surface area (Å²) in [5.41, 5.74) is 5.17. The first-order valence-corrected chi connectivity index (χ1v) is 9.54.